The Labute approximate surface area is 201 Å². The van der Waals surface area contributed by atoms with Crippen molar-refractivity contribution in [3.05, 3.63) is 81.8 Å². The van der Waals surface area contributed by atoms with Gasteiger partial charge in [0.15, 0.2) is 5.82 Å². The maximum Gasteiger partial charge on any atom is 0.274 e. The number of carbonyl (C=O) groups excluding carboxylic acids is 1. The molecule has 5 rings (SSSR count). The summed E-state index contributed by atoms with van der Waals surface area (Å²) in [7, 11) is 0. The van der Waals surface area contributed by atoms with Gasteiger partial charge in [0.1, 0.15) is 12.4 Å². The zero-order chi connectivity index (χ0) is 24.4. The van der Waals surface area contributed by atoms with Crippen LogP contribution in [-0.4, -0.2) is 43.7 Å². The summed E-state index contributed by atoms with van der Waals surface area (Å²) in [5.74, 6) is 0.939. The number of H-pyrrole nitrogens is 1. The zero-order valence-corrected chi connectivity index (χ0v) is 19.5. The lowest BCUT2D eigenvalue weighted by atomic mass is 9.69. The number of fused-ring (bicyclic) bond motifs is 1. The molecule has 2 heterocycles. The summed E-state index contributed by atoms with van der Waals surface area (Å²) < 4.78 is 7.25. The van der Waals surface area contributed by atoms with E-state index in [4.69, 9.17) is 4.74 Å². The Morgan fingerprint density at radius 1 is 1.17 bits per heavy atom. The van der Waals surface area contributed by atoms with Crippen LogP contribution < -0.4 is 15.6 Å². The number of aliphatic hydroxyl groups excluding tert-OH is 1. The zero-order valence-electron chi connectivity index (χ0n) is 19.5. The van der Waals surface area contributed by atoms with Gasteiger partial charge in [-0.25, -0.2) is 4.98 Å². The normalized spacial score (nSPS) is 14.5. The largest absolute Gasteiger partial charge is 0.486 e. The van der Waals surface area contributed by atoms with Gasteiger partial charge < -0.3 is 15.2 Å². The van der Waals surface area contributed by atoms with Crippen LogP contribution in [0.3, 0.4) is 0 Å². The van der Waals surface area contributed by atoms with E-state index in [0.29, 0.717) is 29.4 Å². The number of nitrogens with zero attached hydrogens (tertiary/aromatic N) is 3. The summed E-state index contributed by atoms with van der Waals surface area (Å²) in [6, 6.07) is 16.2. The van der Waals surface area contributed by atoms with Crippen LogP contribution in [0.25, 0.3) is 17.2 Å². The fraction of sp³-hybridized carbons (Fsp3) is 0.308. The Kier molecular flexibility index (Phi) is 6.08. The second-order valence-corrected chi connectivity index (χ2v) is 9.09. The van der Waals surface area contributed by atoms with Crippen molar-refractivity contribution in [1.82, 2.24) is 24.9 Å². The number of ether oxygens (including phenoxy) is 1. The molecule has 1 aliphatic carbocycles. The molecule has 2 aromatic carbocycles. The number of hydrogen-bond acceptors (Lipinski definition) is 6. The molecule has 1 aliphatic rings. The van der Waals surface area contributed by atoms with Crippen LogP contribution in [0.2, 0.25) is 0 Å². The minimum atomic E-state index is -0.305. The third kappa shape index (κ3) is 4.54. The molecular formula is C26H27N5O4. The van der Waals surface area contributed by atoms with Crippen LogP contribution >= 0.6 is 0 Å². The average Bonchev–Trinajstić information content (AvgIpc) is 3.28. The van der Waals surface area contributed by atoms with Crippen molar-refractivity contribution in [3.63, 3.8) is 0 Å². The number of hydrogen-bond donors (Lipinski definition) is 3. The predicted octanol–water partition coefficient (Wildman–Crippen LogP) is 2.86. The first-order valence-corrected chi connectivity index (χ1v) is 11.6. The van der Waals surface area contributed by atoms with Gasteiger partial charge in [0.05, 0.1) is 17.9 Å². The summed E-state index contributed by atoms with van der Waals surface area (Å²) in [5.41, 5.74) is 1.93. The average molecular weight is 474 g/mol. The van der Waals surface area contributed by atoms with Crippen LogP contribution in [0.15, 0.2) is 59.4 Å². The van der Waals surface area contributed by atoms with Crippen LogP contribution in [0.5, 0.6) is 5.75 Å². The highest BCUT2D eigenvalue weighted by Gasteiger charge is 2.36. The molecule has 0 spiro atoms. The summed E-state index contributed by atoms with van der Waals surface area (Å²) in [5, 5.41) is 15.6. The highest BCUT2D eigenvalue weighted by molar-refractivity contribution is 5.98. The molecule has 4 aromatic rings. The molecule has 0 atom stereocenters. The number of aromatic amines is 1. The first kappa shape index (κ1) is 22.8. The Morgan fingerprint density at radius 2 is 1.97 bits per heavy atom. The summed E-state index contributed by atoms with van der Waals surface area (Å²) in [6.45, 7) is 2.34. The van der Waals surface area contributed by atoms with E-state index >= 15 is 0 Å². The van der Waals surface area contributed by atoms with E-state index in [2.05, 4.69) is 20.4 Å². The number of aliphatic hydroxyl groups is 1. The maximum absolute atomic E-state index is 13.0. The van der Waals surface area contributed by atoms with Gasteiger partial charge >= 0.3 is 0 Å². The third-order valence-corrected chi connectivity index (χ3v) is 6.64. The van der Waals surface area contributed by atoms with E-state index in [1.807, 2.05) is 49.4 Å². The molecule has 0 unspecified atom stereocenters. The molecular weight excluding hydrogens is 446 g/mol. The van der Waals surface area contributed by atoms with Crippen molar-refractivity contribution < 1.29 is 14.6 Å². The number of aryl methyl sites for hydroxylation is 1. The lowest BCUT2D eigenvalue weighted by molar-refractivity contribution is 0.0428. The van der Waals surface area contributed by atoms with Crippen molar-refractivity contribution in [2.45, 2.75) is 32.8 Å². The van der Waals surface area contributed by atoms with Gasteiger partial charge in [0.2, 0.25) is 0 Å². The van der Waals surface area contributed by atoms with Gasteiger partial charge in [-0.3, -0.25) is 14.7 Å². The lowest BCUT2D eigenvalue weighted by Crippen LogP contribution is -2.44. The molecule has 3 N–H and O–H groups in total. The van der Waals surface area contributed by atoms with Gasteiger partial charge in [-0.1, -0.05) is 48.9 Å². The fourth-order valence-electron chi connectivity index (χ4n) is 4.35. The van der Waals surface area contributed by atoms with E-state index in [1.165, 1.54) is 10.6 Å². The topological polar surface area (TPSA) is 122 Å². The Morgan fingerprint density at radius 3 is 2.69 bits per heavy atom. The number of amides is 1. The van der Waals surface area contributed by atoms with Crippen molar-refractivity contribution >= 4 is 11.7 Å². The molecule has 35 heavy (non-hydrogen) atoms. The monoisotopic (exact) mass is 473 g/mol. The van der Waals surface area contributed by atoms with Gasteiger partial charge in [-0.05, 0) is 31.4 Å². The molecule has 9 heteroatoms. The highest BCUT2D eigenvalue weighted by Crippen LogP contribution is 2.39. The standard InChI is InChI=1S/C26H27N5O4/c1-17-7-5-10-20(22(17)24(34)27-15-26(16-32)11-6-12-26)35-14-19-13-21(33)31-25(28-19)29-23(30-31)18-8-3-2-4-9-18/h2-5,7-10,13,32H,6,11-12,14-16H2,1H3,(H,27,34)(H,28,29,30). The highest BCUT2D eigenvalue weighted by atomic mass is 16.5. The smallest absolute Gasteiger partial charge is 0.274 e. The van der Waals surface area contributed by atoms with Crippen molar-refractivity contribution in [2.75, 3.05) is 13.2 Å². The summed E-state index contributed by atoms with van der Waals surface area (Å²) >= 11 is 0. The number of carbonyl (C=O) groups is 1. The Balaban J connectivity index is 1.35. The number of benzene rings is 2. The predicted molar refractivity (Wildman–Crippen MR) is 130 cm³/mol. The molecule has 0 aliphatic heterocycles. The van der Waals surface area contributed by atoms with Gasteiger partial charge in [0.25, 0.3) is 17.2 Å². The molecule has 9 nitrogen and oxygen atoms in total. The number of nitrogens with one attached hydrogen (secondary N) is 2. The quantitative estimate of drug-likeness (QED) is 0.362. The molecule has 180 valence electrons. The maximum atomic E-state index is 13.0. The van der Waals surface area contributed by atoms with E-state index in [-0.39, 0.29) is 35.9 Å². The van der Waals surface area contributed by atoms with Crippen LogP contribution in [0.4, 0.5) is 0 Å². The molecule has 0 radical (unpaired) electrons. The second kappa shape index (κ2) is 9.34. The van der Waals surface area contributed by atoms with E-state index in [9.17, 15) is 14.7 Å². The first-order valence-electron chi connectivity index (χ1n) is 11.6. The van der Waals surface area contributed by atoms with Crippen LogP contribution in [0, 0.1) is 12.3 Å². The first-order chi connectivity index (χ1) is 17.0. The lowest BCUT2D eigenvalue weighted by Gasteiger charge is -2.40. The van der Waals surface area contributed by atoms with Gasteiger partial charge in [-0.2, -0.15) is 9.50 Å². The van der Waals surface area contributed by atoms with E-state index in [0.717, 1.165) is 30.4 Å². The summed E-state index contributed by atoms with van der Waals surface area (Å²) in [6.07, 6.45) is 2.88. The van der Waals surface area contributed by atoms with E-state index in [1.54, 1.807) is 6.07 Å². The minimum Gasteiger partial charge on any atom is -0.486 e. The van der Waals surface area contributed by atoms with Crippen LogP contribution in [-0.2, 0) is 6.61 Å². The fourth-order valence-corrected chi connectivity index (χ4v) is 4.35. The summed E-state index contributed by atoms with van der Waals surface area (Å²) in [4.78, 5) is 34.6. The molecule has 2 aromatic heterocycles. The molecule has 0 bridgehead atoms. The molecule has 1 fully saturated rings. The molecule has 0 saturated heterocycles. The molecule has 1 saturated carbocycles. The van der Waals surface area contributed by atoms with Crippen molar-refractivity contribution in [2.24, 2.45) is 5.41 Å². The van der Waals surface area contributed by atoms with Crippen molar-refractivity contribution in [1.29, 1.82) is 0 Å². The SMILES string of the molecule is Cc1cccc(OCc2cc(=O)n3[nH]c(-c4ccccc4)nc3n2)c1C(=O)NCC1(CO)CCC1. The number of rotatable bonds is 8. The minimum absolute atomic E-state index is 0.00355. The second-order valence-electron chi connectivity index (χ2n) is 9.09. The Hall–Kier alpha value is -3.98. The Bertz CT molecular complexity index is 1420. The number of aromatic nitrogens is 4. The third-order valence-electron chi connectivity index (χ3n) is 6.64. The molecule has 1 amide bonds. The van der Waals surface area contributed by atoms with Crippen molar-refractivity contribution in [3.8, 4) is 17.1 Å². The van der Waals surface area contributed by atoms with Gasteiger partial charge in [-0.15, -0.1) is 0 Å². The van der Waals surface area contributed by atoms with Gasteiger partial charge in [0, 0.05) is 23.6 Å². The van der Waals surface area contributed by atoms with Crippen LogP contribution in [0.1, 0.15) is 40.9 Å². The van der Waals surface area contributed by atoms with E-state index < -0.39 is 0 Å².